The van der Waals surface area contributed by atoms with E-state index in [2.05, 4.69) is 5.32 Å². The highest BCUT2D eigenvalue weighted by Gasteiger charge is 2.34. The zero-order valence-electron chi connectivity index (χ0n) is 10.8. The van der Waals surface area contributed by atoms with Crippen LogP contribution in [0.25, 0.3) is 0 Å². The number of hydrogen-bond donors (Lipinski definition) is 2. The topological polar surface area (TPSA) is 66.4 Å². The largest absolute Gasteiger partial charge is 0.481 e. The van der Waals surface area contributed by atoms with Crippen LogP contribution < -0.4 is 5.32 Å². The van der Waals surface area contributed by atoms with Crippen molar-refractivity contribution in [1.29, 1.82) is 0 Å². The van der Waals surface area contributed by atoms with Crippen molar-refractivity contribution in [2.24, 2.45) is 11.3 Å². The lowest BCUT2D eigenvalue weighted by molar-refractivity contribution is -0.138. The van der Waals surface area contributed by atoms with Gasteiger partial charge >= 0.3 is 5.97 Å². The number of amides is 1. The Kier molecular flexibility index (Phi) is 4.97. The van der Waals surface area contributed by atoms with Crippen LogP contribution in [0.4, 0.5) is 0 Å². The molecule has 0 aliphatic heterocycles. The molecule has 0 aromatic carbocycles. The summed E-state index contributed by atoms with van der Waals surface area (Å²) in [4.78, 5) is 22.6. The third kappa shape index (κ3) is 4.36. The van der Waals surface area contributed by atoms with Crippen LogP contribution >= 0.6 is 0 Å². The Bertz CT molecular complexity index is 282. The molecule has 0 radical (unpaired) electrons. The SMILES string of the molecule is CC(CNC(=O)C1(C)CCCCC1)CC(=O)O. The maximum absolute atomic E-state index is 12.1. The number of carboxylic acids is 1. The van der Waals surface area contributed by atoms with Crippen molar-refractivity contribution < 1.29 is 14.7 Å². The predicted octanol–water partition coefficient (Wildman–Crippen LogP) is 2.18. The van der Waals surface area contributed by atoms with Gasteiger partial charge in [0.25, 0.3) is 0 Å². The Hall–Kier alpha value is -1.06. The minimum Gasteiger partial charge on any atom is -0.481 e. The number of nitrogens with one attached hydrogen (secondary N) is 1. The summed E-state index contributed by atoms with van der Waals surface area (Å²) in [7, 11) is 0. The molecule has 1 rings (SSSR count). The van der Waals surface area contributed by atoms with Crippen molar-refractivity contribution in [1.82, 2.24) is 5.32 Å². The average molecular weight is 241 g/mol. The Balaban J connectivity index is 2.35. The smallest absolute Gasteiger partial charge is 0.303 e. The van der Waals surface area contributed by atoms with Gasteiger partial charge in [-0.3, -0.25) is 9.59 Å². The Labute approximate surface area is 103 Å². The summed E-state index contributed by atoms with van der Waals surface area (Å²) in [5.41, 5.74) is -0.235. The van der Waals surface area contributed by atoms with Gasteiger partial charge in [-0.1, -0.05) is 33.1 Å². The third-order valence-electron chi connectivity index (χ3n) is 3.64. The highest BCUT2D eigenvalue weighted by atomic mass is 16.4. The van der Waals surface area contributed by atoms with Crippen LogP contribution in [0.3, 0.4) is 0 Å². The molecule has 1 fully saturated rings. The van der Waals surface area contributed by atoms with E-state index in [1.807, 2.05) is 13.8 Å². The lowest BCUT2D eigenvalue weighted by atomic mass is 9.75. The van der Waals surface area contributed by atoms with Crippen molar-refractivity contribution in [3.63, 3.8) is 0 Å². The Morgan fingerprint density at radius 3 is 2.41 bits per heavy atom. The molecule has 1 saturated carbocycles. The molecule has 0 bridgehead atoms. The Morgan fingerprint density at radius 2 is 1.88 bits per heavy atom. The minimum atomic E-state index is -0.810. The van der Waals surface area contributed by atoms with Crippen LogP contribution in [0.2, 0.25) is 0 Å². The lowest BCUT2D eigenvalue weighted by Crippen LogP contribution is -2.42. The van der Waals surface area contributed by atoms with Gasteiger partial charge in [-0.2, -0.15) is 0 Å². The molecule has 1 aliphatic rings. The highest BCUT2D eigenvalue weighted by molar-refractivity contribution is 5.82. The average Bonchev–Trinajstić information content (AvgIpc) is 2.26. The second kappa shape index (κ2) is 6.03. The fourth-order valence-electron chi connectivity index (χ4n) is 2.41. The molecular formula is C13H23NO3. The molecular weight excluding hydrogens is 218 g/mol. The van der Waals surface area contributed by atoms with Gasteiger partial charge in [-0.15, -0.1) is 0 Å². The monoisotopic (exact) mass is 241 g/mol. The van der Waals surface area contributed by atoms with Gasteiger partial charge in [-0.25, -0.2) is 0 Å². The van der Waals surface area contributed by atoms with E-state index in [0.717, 1.165) is 25.7 Å². The van der Waals surface area contributed by atoms with Gasteiger partial charge in [0, 0.05) is 18.4 Å². The van der Waals surface area contributed by atoms with E-state index >= 15 is 0 Å². The molecule has 1 unspecified atom stereocenters. The minimum absolute atomic E-state index is 0.0105. The molecule has 2 N–H and O–H groups in total. The lowest BCUT2D eigenvalue weighted by Gasteiger charge is -2.32. The summed E-state index contributed by atoms with van der Waals surface area (Å²) in [6, 6.07) is 0. The van der Waals surface area contributed by atoms with Gasteiger partial charge in [0.05, 0.1) is 0 Å². The molecule has 1 atom stereocenters. The molecule has 0 spiro atoms. The van der Waals surface area contributed by atoms with Gasteiger partial charge in [0.2, 0.25) is 5.91 Å². The molecule has 0 heterocycles. The van der Waals surface area contributed by atoms with E-state index < -0.39 is 5.97 Å². The molecule has 98 valence electrons. The van der Waals surface area contributed by atoms with Gasteiger partial charge in [0.1, 0.15) is 0 Å². The van der Waals surface area contributed by atoms with E-state index in [1.54, 1.807) is 0 Å². The van der Waals surface area contributed by atoms with Crippen molar-refractivity contribution in [3.05, 3.63) is 0 Å². The molecule has 0 aromatic rings. The fourth-order valence-corrected chi connectivity index (χ4v) is 2.41. The highest BCUT2D eigenvalue weighted by Crippen LogP contribution is 2.35. The van der Waals surface area contributed by atoms with Crippen LogP contribution in [-0.4, -0.2) is 23.5 Å². The first kappa shape index (κ1) is 14.0. The van der Waals surface area contributed by atoms with E-state index in [1.165, 1.54) is 6.42 Å². The molecule has 0 aromatic heterocycles. The third-order valence-corrected chi connectivity index (χ3v) is 3.64. The number of carbonyl (C=O) groups excluding carboxylic acids is 1. The summed E-state index contributed by atoms with van der Waals surface area (Å²) in [6.07, 6.45) is 5.47. The second-order valence-corrected chi connectivity index (χ2v) is 5.53. The summed E-state index contributed by atoms with van der Waals surface area (Å²) in [5.74, 6) is -0.728. The van der Waals surface area contributed by atoms with Crippen molar-refractivity contribution in [3.8, 4) is 0 Å². The molecule has 1 amide bonds. The van der Waals surface area contributed by atoms with Gasteiger partial charge < -0.3 is 10.4 Å². The summed E-state index contributed by atoms with van der Waals surface area (Å²) < 4.78 is 0. The van der Waals surface area contributed by atoms with Crippen molar-refractivity contribution >= 4 is 11.9 Å². The van der Waals surface area contributed by atoms with E-state index in [-0.39, 0.29) is 23.7 Å². The summed E-state index contributed by atoms with van der Waals surface area (Å²) in [6.45, 7) is 4.32. The first-order valence-electron chi connectivity index (χ1n) is 6.44. The van der Waals surface area contributed by atoms with Crippen LogP contribution in [0, 0.1) is 11.3 Å². The normalized spacial score (nSPS) is 20.6. The summed E-state index contributed by atoms with van der Waals surface area (Å²) in [5, 5.41) is 11.5. The van der Waals surface area contributed by atoms with Crippen LogP contribution in [0.1, 0.15) is 52.4 Å². The van der Waals surface area contributed by atoms with Crippen LogP contribution in [0.5, 0.6) is 0 Å². The standard InChI is InChI=1S/C13H23NO3/c1-10(8-11(15)16)9-14-12(17)13(2)6-4-3-5-7-13/h10H,3-9H2,1-2H3,(H,14,17)(H,15,16). The van der Waals surface area contributed by atoms with Gasteiger partial charge in [0.15, 0.2) is 0 Å². The van der Waals surface area contributed by atoms with Crippen LogP contribution in [0.15, 0.2) is 0 Å². The fraction of sp³-hybridized carbons (Fsp3) is 0.846. The maximum Gasteiger partial charge on any atom is 0.303 e. The first-order valence-corrected chi connectivity index (χ1v) is 6.44. The number of aliphatic carboxylic acids is 1. The van der Waals surface area contributed by atoms with E-state index in [9.17, 15) is 9.59 Å². The number of rotatable bonds is 5. The molecule has 17 heavy (non-hydrogen) atoms. The number of carbonyl (C=O) groups is 2. The van der Waals surface area contributed by atoms with Crippen molar-refractivity contribution in [2.75, 3.05) is 6.54 Å². The molecule has 1 aliphatic carbocycles. The number of hydrogen-bond acceptors (Lipinski definition) is 2. The quantitative estimate of drug-likeness (QED) is 0.775. The van der Waals surface area contributed by atoms with Gasteiger partial charge in [-0.05, 0) is 18.8 Å². The van der Waals surface area contributed by atoms with E-state index in [0.29, 0.717) is 6.54 Å². The molecule has 0 saturated heterocycles. The second-order valence-electron chi connectivity index (χ2n) is 5.53. The summed E-state index contributed by atoms with van der Waals surface area (Å²) >= 11 is 0. The zero-order valence-corrected chi connectivity index (χ0v) is 10.8. The van der Waals surface area contributed by atoms with Crippen molar-refractivity contribution in [2.45, 2.75) is 52.4 Å². The van der Waals surface area contributed by atoms with Crippen LogP contribution in [-0.2, 0) is 9.59 Å². The van der Waals surface area contributed by atoms with E-state index in [4.69, 9.17) is 5.11 Å². The molecule has 4 nitrogen and oxygen atoms in total. The number of carboxylic acid groups (broad SMARTS) is 1. The maximum atomic E-state index is 12.1. The Morgan fingerprint density at radius 1 is 1.29 bits per heavy atom. The molecule has 4 heteroatoms. The predicted molar refractivity (Wildman–Crippen MR) is 65.6 cm³/mol. The zero-order chi connectivity index (χ0) is 12.9. The first-order chi connectivity index (χ1) is 7.94.